The van der Waals surface area contributed by atoms with Gasteiger partial charge in [0.2, 0.25) is 0 Å². The fourth-order valence-corrected chi connectivity index (χ4v) is 2.75. The van der Waals surface area contributed by atoms with Crippen molar-refractivity contribution in [2.24, 2.45) is 0 Å². The van der Waals surface area contributed by atoms with E-state index in [1.165, 1.54) is 17.5 Å². The number of amides is 1. The number of carbonyl (C=O) groups is 1. The number of carbonyl (C=O) groups excluding carboxylic acids is 1. The molecule has 0 spiro atoms. The summed E-state index contributed by atoms with van der Waals surface area (Å²) in [5.41, 5.74) is 2.61. The van der Waals surface area contributed by atoms with Crippen molar-refractivity contribution >= 4 is 5.91 Å². The average Bonchev–Trinajstić information content (AvgIpc) is 2.50. The standard InChI is InChI=1S/C17H26N2O2/c1-4-11-18-15-9-5-8-14-13(15)7-6-10-16(14)21-12-17(20)19(2)3/h6-7,10,15,18H,4-5,8-9,11-12H2,1-3H3. The second-order valence-corrected chi connectivity index (χ2v) is 5.80. The Bertz CT molecular complexity index is 486. The molecule has 0 aliphatic heterocycles. The van der Waals surface area contributed by atoms with Gasteiger partial charge in [-0.25, -0.2) is 0 Å². The third-order valence-corrected chi connectivity index (χ3v) is 3.95. The molecule has 116 valence electrons. The molecule has 0 heterocycles. The maximum Gasteiger partial charge on any atom is 0.259 e. The Balaban J connectivity index is 2.12. The van der Waals surface area contributed by atoms with E-state index in [1.807, 2.05) is 12.1 Å². The van der Waals surface area contributed by atoms with Gasteiger partial charge in [0.05, 0.1) is 0 Å². The van der Waals surface area contributed by atoms with Crippen LogP contribution in [0.4, 0.5) is 0 Å². The molecule has 0 saturated carbocycles. The van der Waals surface area contributed by atoms with Crippen molar-refractivity contribution in [1.29, 1.82) is 0 Å². The Labute approximate surface area is 127 Å². The van der Waals surface area contributed by atoms with Crippen LogP contribution in [0.2, 0.25) is 0 Å². The Kier molecular flexibility index (Phi) is 5.62. The largest absolute Gasteiger partial charge is 0.483 e. The zero-order valence-corrected chi connectivity index (χ0v) is 13.3. The van der Waals surface area contributed by atoms with Crippen LogP contribution in [0.15, 0.2) is 18.2 Å². The Morgan fingerprint density at radius 2 is 2.24 bits per heavy atom. The monoisotopic (exact) mass is 290 g/mol. The first kappa shape index (κ1) is 15.8. The second-order valence-electron chi connectivity index (χ2n) is 5.80. The van der Waals surface area contributed by atoms with Crippen LogP contribution in [0.25, 0.3) is 0 Å². The van der Waals surface area contributed by atoms with Crippen molar-refractivity contribution in [3.05, 3.63) is 29.3 Å². The van der Waals surface area contributed by atoms with Gasteiger partial charge in [0.15, 0.2) is 6.61 Å². The van der Waals surface area contributed by atoms with Crippen LogP contribution in [0.1, 0.15) is 43.4 Å². The number of nitrogens with zero attached hydrogens (tertiary/aromatic N) is 1. The van der Waals surface area contributed by atoms with Crippen LogP contribution >= 0.6 is 0 Å². The molecule has 2 rings (SSSR count). The van der Waals surface area contributed by atoms with E-state index in [-0.39, 0.29) is 12.5 Å². The fraction of sp³-hybridized carbons (Fsp3) is 0.588. The molecule has 4 nitrogen and oxygen atoms in total. The molecule has 0 fully saturated rings. The molecule has 21 heavy (non-hydrogen) atoms. The quantitative estimate of drug-likeness (QED) is 0.875. The van der Waals surface area contributed by atoms with Crippen molar-refractivity contribution in [1.82, 2.24) is 10.2 Å². The molecule has 1 aliphatic carbocycles. The van der Waals surface area contributed by atoms with E-state index in [0.717, 1.165) is 31.6 Å². The summed E-state index contributed by atoms with van der Waals surface area (Å²) >= 11 is 0. The first-order valence-corrected chi connectivity index (χ1v) is 7.81. The Hall–Kier alpha value is -1.55. The van der Waals surface area contributed by atoms with Crippen molar-refractivity contribution < 1.29 is 9.53 Å². The summed E-state index contributed by atoms with van der Waals surface area (Å²) in [5.74, 6) is 0.856. The number of nitrogens with one attached hydrogen (secondary N) is 1. The maximum absolute atomic E-state index is 11.7. The molecule has 0 radical (unpaired) electrons. The predicted octanol–water partition coefficient (Wildman–Crippen LogP) is 2.53. The van der Waals surface area contributed by atoms with Crippen molar-refractivity contribution in [2.75, 3.05) is 27.2 Å². The number of ether oxygens (including phenoxy) is 1. The van der Waals surface area contributed by atoms with E-state index in [4.69, 9.17) is 4.74 Å². The van der Waals surface area contributed by atoms with Crippen LogP contribution in [-0.4, -0.2) is 38.1 Å². The number of benzene rings is 1. The summed E-state index contributed by atoms with van der Waals surface area (Å²) < 4.78 is 5.76. The SMILES string of the molecule is CCCNC1CCCc2c(OCC(=O)N(C)C)cccc21. The first-order chi connectivity index (χ1) is 10.1. The molecule has 1 unspecified atom stereocenters. The van der Waals surface area contributed by atoms with Crippen molar-refractivity contribution in [3.63, 3.8) is 0 Å². The summed E-state index contributed by atoms with van der Waals surface area (Å²) in [7, 11) is 3.49. The average molecular weight is 290 g/mol. The van der Waals surface area contributed by atoms with Gasteiger partial charge in [-0.15, -0.1) is 0 Å². The lowest BCUT2D eigenvalue weighted by Gasteiger charge is -2.28. The summed E-state index contributed by atoms with van der Waals surface area (Å²) in [6.07, 6.45) is 4.51. The highest BCUT2D eigenvalue weighted by atomic mass is 16.5. The van der Waals surface area contributed by atoms with Gasteiger partial charge in [-0.05, 0) is 49.4 Å². The van der Waals surface area contributed by atoms with Gasteiger partial charge in [-0.2, -0.15) is 0 Å². The lowest BCUT2D eigenvalue weighted by Crippen LogP contribution is -2.28. The predicted molar refractivity (Wildman–Crippen MR) is 84.6 cm³/mol. The molecule has 1 aromatic rings. The molecule has 0 aromatic heterocycles. The van der Waals surface area contributed by atoms with E-state index >= 15 is 0 Å². The van der Waals surface area contributed by atoms with Gasteiger partial charge in [0.1, 0.15) is 5.75 Å². The third-order valence-electron chi connectivity index (χ3n) is 3.95. The zero-order chi connectivity index (χ0) is 15.2. The van der Waals surface area contributed by atoms with Gasteiger partial charge in [-0.1, -0.05) is 19.1 Å². The minimum absolute atomic E-state index is 0.0101. The van der Waals surface area contributed by atoms with Gasteiger partial charge < -0.3 is 15.0 Å². The van der Waals surface area contributed by atoms with Crippen LogP contribution in [-0.2, 0) is 11.2 Å². The summed E-state index contributed by atoms with van der Waals surface area (Å²) in [4.78, 5) is 13.2. The molecule has 0 bridgehead atoms. The number of fused-ring (bicyclic) bond motifs is 1. The summed E-state index contributed by atoms with van der Waals surface area (Å²) in [5, 5.41) is 3.61. The molecular formula is C17H26N2O2. The molecular weight excluding hydrogens is 264 g/mol. The lowest BCUT2D eigenvalue weighted by atomic mass is 9.87. The van der Waals surface area contributed by atoms with Crippen LogP contribution in [0.5, 0.6) is 5.75 Å². The topological polar surface area (TPSA) is 41.6 Å². The van der Waals surface area contributed by atoms with Gasteiger partial charge in [0.25, 0.3) is 5.91 Å². The highest BCUT2D eigenvalue weighted by Gasteiger charge is 2.22. The third kappa shape index (κ3) is 3.97. The number of hydrogen-bond acceptors (Lipinski definition) is 3. The van der Waals surface area contributed by atoms with E-state index in [1.54, 1.807) is 19.0 Å². The molecule has 1 N–H and O–H groups in total. The first-order valence-electron chi connectivity index (χ1n) is 7.81. The smallest absolute Gasteiger partial charge is 0.259 e. The molecule has 1 aromatic carbocycles. The second kappa shape index (κ2) is 7.46. The van der Waals surface area contributed by atoms with E-state index in [2.05, 4.69) is 18.3 Å². The highest BCUT2D eigenvalue weighted by molar-refractivity contribution is 5.77. The lowest BCUT2D eigenvalue weighted by molar-refractivity contribution is -0.130. The van der Waals surface area contributed by atoms with Gasteiger partial charge in [0, 0.05) is 20.1 Å². The van der Waals surface area contributed by atoms with Gasteiger partial charge >= 0.3 is 0 Å². The van der Waals surface area contributed by atoms with Crippen LogP contribution in [0, 0.1) is 0 Å². The summed E-state index contributed by atoms with van der Waals surface area (Å²) in [6.45, 7) is 3.33. The normalized spacial score (nSPS) is 17.2. The summed E-state index contributed by atoms with van der Waals surface area (Å²) in [6, 6.07) is 6.61. The molecule has 4 heteroatoms. The van der Waals surface area contributed by atoms with E-state index in [0.29, 0.717) is 6.04 Å². The molecule has 1 aliphatic rings. The van der Waals surface area contributed by atoms with Crippen LogP contribution in [0.3, 0.4) is 0 Å². The van der Waals surface area contributed by atoms with Crippen molar-refractivity contribution in [2.45, 2.75) is 38.6 Å². The highest BCUT2D eigenvalue weighted by Crippen LogP contribution is 2.35. The van der Waals surface area contributed by atoms with E-state index in [9.17, 15) is 4.79 Å². The van der Waals surface area contributed by atoms with E-state index < -0.39 is 0 Å². The number of rotatable bonds is 6. The van der Waals surface area contributed by atoms with Crippen molar-refractivity contribution in [3.8, 4) is 5.75 Å². The number of likely N-dealkylation sites (N-methyl/N-ethyl adjacent to an activating group) is 1. The maximum atomic E-state index is 11.7. The zero-order valence-electron chi connectivity index (χ0n) is 13.3. The fourth-order valence-electron chi connectivity index (χ4n) is 2.75. The molecule has 1 amide bonds. The molecule has 0 saturated heterocycles. The minimum Gasteiger partial charge on any atom is -0.483 e. The van der Waals surface area contributed by atoms with Gasteiger partial charge in [-0.3, -0.25) is 4.79 Å². The van der Waals surface area contributed by atoms with Crippen LogP contribution < -0.4 is 10.1 Å². The minimum atomic E-state index is -0.0101. The number of hydrogen-bond donors (Lipinski definition) is 1. The Morgan fingerprint density at radius 1 is 1.43 bits per heavy atom. The molecule has 1 atom stereocenters. The Morgan fingerprint density at radius 3 is 2.95 bits per heavy atom.